The highest BCUT2D eigenvalue weighted by Crippen LogP contribution is 2.21. The molecular formula is C18H29Cl2N5O2. The largest absolute Gasteiger partial charge is 0.356 e. The molecule has 9 heteroatoms. The van der Waals surface area contributed by atoms with E-state index in [1.165, 1.54) is 12.8 Å². The summed E-state index contributed by atoms with van der Waals surface area (Å²) in [5.74, 6) is 0.591. The molecule has 1 aliphatic heterocycles. The zero-order chi connectivity index (χ0) is 18.0. The first kappa shape index (κ1) is 23.5. The quantitative estimate of drug-likeness (QED) is 0.690. The normalized spacial score (nSPS) is 16.5. The Kier molecular flexibility index (Phi) is 8.78. The number of halogens is 2. The molecule has 0 spiro atoms. The van der Waals surface area contributed by atoms with Gasteiger partial charge in [-0.1, -0.05) is 0 Å². The van der Waals surface area contributed by atoms with E-state index >= 15 is 0 Å². The Morgan fingerprint density at radius 3 is 2.74 bits per heavy atom. The third-order valence-electron chi connectivity index (χ3n) is 5.16. The zero-order valence-corrected chi connectivity index (χ0v) is 17.7. The number of aryl methyl sites for hydroxylation is 3. The van der Waals surface area contributed by atoms with Crippen molar-refractivity contribution in [1.82, 2.24) is 25.4 Å². The Balaban J connectivity index is 0.00000182. The molecule has 152 valence electrons. The number of fused-ring (bicyclic) bond motifs is 1. The molecule has 1 amide bonds. The molecule has 1 aliphatic rings. The number of amides is 1. The predicted octanol–water partition coefficient (Wildman–Crippen LogP) is 1.77. The number of H-pyrrole nitrogens is 1. The van der Waals surface area contributed by atoms with Crippen molar-refractivity contribution in [2.24, 2.45) is 13.0 Å². The fourth-order valence-electron chi connectivity index (χ4n) is 3.70. The smallest absolute Gasteiger partial charge is 0.273 e. The Morgan fingerprint density at radius 1 is 1.33 bits per heavy atom. The maximum atomic E-state index is 12.2. The van der Waals surface area contributed by atoms with Crippen molar-refractivity contribution in [3.05, 3.63) is 27.2 Å². The molecule has 0 radical (unpaired) electrons. The summed E-state index contributed by atoms with van der Waals surface area (Å²) in [7, 11) is 1.78. The van der Waals surface area contributed by atoms with Crippen molar-refractivity contribution >= 4 is 41.8 Å². The van der Waals surface area contributed by atoms with Crippen molar-refractivity contribution < 1.29 is 4.79 Å². The van der Waals surface area contributed by atoms with Gasteiger partial charge >= 0.3 is 0 Å². The van der Waals surface area contributed by atoms with E-state index in [0.717, 1.165) is 36.5 Å². The number of pyridine rings is 1. The molecule has 1 atom stereocenters. The third-order valence-corrected chi connectivity index (χ3v) is 5.16. The molecular weight excluding hydrogens is 389 g/mol. The first-order chi connectivity index (χ1) is 12.0. The van der Waals surface area contributed by atoms with Crippen LogP contribution in [-0.4, -0.2) is 40.3 Å². The van der Waals surface area contributed by atoms with Crippen LogP contribution in [0.4, 0.5) is 0 Å². The number of piperidine rings is 1. The second kappa shape index (κ2) is 10.1. The number of aromatic amines is 1. The molecule has 27 heavy (non-hydrogen) atoms. The standard InChI is InChI=1S/C18H27N5O2.2ClH/c1-11-14(12(2)21-17-16(11)18(25)22-23(17)3)6-7-15(24)20-10-13-5-4-8-19-9-13;;/h13,19H,4-10H2,1-3H3,(H,20,24)(H,22,25);2*1H. The minimum atomic E-state index is -0.127. The Morgan fingerprint density at radius 2 is 2.07 bits per heavy atom. The van der Waals surface area contributed by atoms with Crippen LogP contribution in [0.25, 0.3) is 11.0 Å². The van der Waals surface area contributed by atoms with Gasteiger partial charge in [-0.2, -0.15) is 0 Å². The van der Waals surface area contributed by atoms with E-state index in [4.69, 9.17) is 0 Å². The minimum Gasteiger partial charge on any atom is -0.356 e. The molecule has 2 aromatic heterocycles. The van der Waals surface area contributed by atoms with E-state index in [2.05, 4.69) is 20.7 Å². The Hall–Kier alpha value is -1.57. The maximum absolute atomic E-state index is 12.2. The summed E-state index contributed by atoms with van der Waals surface area (Å²) in [6, 6.07) is 0. The van der Waals surface area contributed by atoms with Crippen molar-refractivity contribution in [1.29, 1.82) is 0 Å². The van der Waals surface area contributed by atoms with Crippen LogP contribution in [0.1, 0.15) is 36.1 Å². The molecule has 3 rings (SSSR count). The molecule has 2 aromatic rings. The van der Waals surface area contributed by atoms with Crippen LogP contribution < -0.4 is 16.2 Å². The number of hydrogen-bond donors (Lipinski definition) is 3. The number of nitrogens with one attached hydrogen (secondary N) is 3. The molecule has 7 nitrogen and oxygen atoms in total. The average molecular weight is 418 g/mol. The van der Waals surface area contributed by atoms with Crippen LogP contribution in [0.2, 0.25) is 0 Å². The first-order valence-electron chi connectivity index (χ1n) is 8.99. The Bertz CT molecular complexity index is 840. The fraction of sp³-hybridized carbons (Fsp3) is 0.611. The fourth-order valence-corrected chi connectivity index (χ4v) is 3.70. The van der Waals surface area contributed by atoms with Crippen LogP contribution in [0.3, 0.4) is 0 Å². The number of hydrogen-bond acceptors (Lipinski definition) is 4. The van der Waals surface area contributed by atoms with Crippen LogP contribution in [0, 0.1) is 19.8 Å². The number of carbonyl (C=O) groups is 1. The van der Waals surface area contributed by atoms with Gasteiger partial charge in [-0.15, -0.1) is 24.8 Å². The van der Waals surface area contributed by atoms with Crippen molar-refractivity contribution in [2.75, 3.05) is 19.6 Å². The van der Waals surface area contributed by atoms with Gasteiger partial charge in [0.15, 0.2) is 5.65 Å². The SMILES string of the molecule is Cc1nc2c(c(C)c1CCC(=O)NCC1CCCNC1)c(=O)[nH]n2C.Cl.Cl. The third kappa shape index (κ3) is 5.24. The van der Waals surface area contributed by atoms with Crippen molar-refractivity contribution in [2.45, 2.75) is 39.5 Å². The second-order valence-electron chi connectivity index (χ2n) is 7.02. The summed E-state index contributed by atoms with van der Waals surface area (Å²) in [6.07, 6.45) is 3.36. The summed E-state index contributed by atoms with van der Waals surface area (Å²) >= 11 is 0. The molecule has 3 heterocycles. The summed E-state index contributed by atoms with van der Waals surface area (Å²) in [5, 5.41) is 9.77. The van der Waals surface area contributed by atoms with E-state index < -0.39 is 0 Å². The monoisotopic (exact) mass is 417 g/mol. The number of rotatable bonds is 5. The van der Waals surface area contributed by atoms with Gasteiger partial charge in [0.2, 0.25) is 5.91 Å². The highest BCUT2D eigenvalue weighted by Gasteiger charge is 2.17. The topological polar surface area (TPSA) is 91.8 Å². The van der Waals surface area contributed by atoms with Gasteiger partial charge in [-0.05, 0) is 63.2 Å². The van der Waals surface area contributed by atoms with Gasteiger partial charge in [0.05, 0.1) is 5.39 Å². The Labute approximate surface area is 171 Å². The molecule has 1 fully saturated rings. The average Bonchev–Trinajstić information content (AvgIpc) is 2.87. The summed E-state index contributed by atoms with van der Waals surface area (Å²) in [4.78, 5) is 28.8. The van der Waals surface area contributed by atoms with E-state index in [-0.39, 0.29) is 36.3 Å². The van der Waals surface area contributed by atoms with Gasteiger partial charge in [0.1, 0.15) is 0 Å². The zero-order valence-electron chi connectivity index (χ0n) is 16.1. The molecule has 3 N–H and O–H groups in total. The predicted molar refractivity (Wildman–Crippen MR) is 112 cm³/mol. The lowest BCUT2D eigenvalue weighted by molar-refractivity contribution is -0.121. The lowest BCUT2D eigenvalue weighted by Crippen LogP contribution is -2.38. The highest BCUT2D eigenvalue weighted by atomic mass is 35.5. The summed E-state index contributed by atoms with van der Waals surface area (Å²) in [6.45, 7) is 6.67. The van der Waals surface area contributed by atoms with Gasteiger partial charge in [0, 0.05) is 25.7 Å². The molecule has 0 aliphatic carbocycles. The van der Waals surface area contributed by atoms with E-state index in [1.807, 2.05) is 13.8 Å². The van der Waals surface area contributed by atoms with Gasteiger partial charge in [-0.3, -0.25) is 19.4 Å². The second-order valence-corrected chi connectivity index (χ2v) is 7.02. The van der Waals surface area contributed by atoms with Crippen LogP contribution >= 0.6 is 24.8 Å². The van der Waals surface area contributed by atoms with Crippen molar-refractivity contribution in [3.8, 4) is 0 Å². The first-order valence-corrected chi connectivity index (χ1v) is 8.99. The number of aromatic nitrogens is 3. The van der Waals surface area contributed by atoms with Crippen LogP contribution in [0.15, 0.2) is 4.79 Å². The lowest BCUT2D eigenvalue weighted by atomic mass is 9.99. The maximum Gasteiger partial charge on any atom is 0.273 e. The number of carbonyl (C=O) groups excluding carboxylic acids is 1. The van der Waals surface area contributed by atoms with Crippen LogP contribution in [0.5, 0.6) is 0 Å². The summed E-state index contributed by atoms with van der Waals surface area (Å²) < 4.78 is 1.65. The lowest BCUT2D eigenvalue weighted by Gasteiger charge is -2.22. The minimum absolute atomic E-state index is 0. The highest BCUT2D eigenvalue weighted by molar-refractivity contribution is 5.85. The van der Waals surface area contributed by atoms with Crippen LogP contribution in [-0.2, 0) is 18.3 Å². The molecule has 0 saturated carbocycles. The molecule has 0 bridgehead atoms. The van der Waals surface area contributed by atoms with Crippen molar-refractivity contribution in [3.63, 3.8) is 0 Å². The summed E-state index contributed by atoms with van der Waals surface area (Å²) in [5.41, 5.74) is 3.34. The van der Waals surface area contributed by atoms with Gasteiger partial charge < -0.3 is 10.6 Å². The number of nitrogens with zero attached hydrogens (tertiary/aromatic N) is 2. The van der Waals surface area contributed by atoms with E-state index in [9.17, 15) is 9.59 Å². The van der Waals surface area contributed by atoms with Gasteiger partial charge in [0.25, 0.3) is 5.56 Å². The molecule has 1 saturated heterocycles. The molecule has 1 unspecified atom stereocenters. The molecule has 0 aromatic carbocycles. The van der Waals surface area contributed by atoms with E-state index in [1.54, 1.807) is 11.7 Å². The van der Waals surface area contributed by atoms with Gasteiger partial charge in [-0.25, -0.2) is 4.98 Å². The van der Waals surface area contributed by atoms with E-state index in [0.29, 0.717) is 29.8 Å².